The monoisotopic (exact) mass is 432 g/mol. The summed E-state index contributed by atoms with van der Waals surface area (Å²) in [4.78, 5) is 14.5. The molecule has 1 aliphatic rings. The molecule has 2 aromatic carbocycles. The van der Waals surface area contributed by atoms with Gasteiger partial charge < -0.3 is 10.1 Å². The Kier molecular flexibility index (Phi) is 8.42. The minimum absolute atomic E-state index is 0.0596. The molecule has 6 heteroatoms. The highest BCUT2D eigenvalue weighted by Gasteiger charge is 2.21. The Balaban J connectivity index is 1.37. The van der Waals surface area contributed by atoms with E-state index in [1.165, 1.54) is 11.1 Å². The van der Waals surface area contributed by atoms with Crippen molar-refractivity contribution in [3.05, 3.63) is 70.2 Å². The number of thioether (sulfide) groups is 1. The van der Waals surface area contributed by atoms with Crippen LogP contribution >= 0.6 is 23.4 Å². The van der Waals surface area contributed by atoms with E-state index in [0.29, 0.717) is 12.3 Å². The van der Waals surface area contributed by atoms with E-state index in [0.717, 1.165) is 36.0 Å². The van der Waals surface area contributed by atoms with Crippen molar-refractivity contribution in [2.45, 2.75) is 44.9 Å². The van der Waals surface area contributed by atoms with E-state index in [4.69, 9.17) is 16.3 Å². The Labute approximate surface area is 183 Å². The fourth-order valence-corrected chi connectivity index (χ4v) is 4.47. The van der Waals surface area contributed by atoms with Gasteiger partial charge in [-0.05, 0) is 42.7 Å². The van der Waals surface area contributed by atoms with Crippen LogP contribution in [0.1, 0.15) is 30.5 Å². The van der Waals surface area contributed by atoms with Crippen LogP contribution in [0.15, 0.2) is 48.5 Å². The van der Waals surface area contributed by atoms with Crippen LogP contribution < -0.4 is 5.32 Å². The van der Waals surface area contributed by atoms with Crippen molar-refractivity contribution in [1.82, 2.24) is 10.2 Å². The molecule has 1 amide bonds. The number of halogens is 1. The molecule has 0 bridgehead atoms. The van der Waals surface area contributed by atoms with Gasteiger partial charge in [0.1, 0.15) is 0 Å². The van der Waals surface area contributed by atoms with Crippen LogP contribution in [0, 0.1) is 0 Å². The fourth-order valence-electron chi connectivity index (χ4n) is 3.53. The normalized spacial score (nSPS) is 19.8. The molecule has 1 N–H and O–H groups in total. The van der Waals surface area contributed by atoms with Crippen molar-refractivity contribution in [2.24, 2.45) is 0 Å². The molecule has 3 rings (SSSR count). The maximum atomic E-state index is 12.1. The zero-order valence-electron chi connectivity index (χ0n) is 17.1. The molecule has 29 heavy (non-hydrogen) atoms. The summed E-state index contributed by atoms with van der Waals surface area (Å²) >= 11 is 7.49. The van der Waals surface area contributed by atoms with Gasteiger partial charge in [-0.1, -0.05) is 48.0 Å². The number of carbonyl (C=O) groups excluding carboxylic acids is 1. The van der Waals surface area contributed by atoms with Crippen molar-refractivity contribution in [1.29, 1.82) is 0 Å². The van der Waals surface area contributed by atoms with Gasteiger partial charge in [-0.15, -0.1) is 11.8 Å². The van der Waals surface area contributed by atoms with Gasteiger partial charge in [0.15, 0.2) is 0 Å². The van der Waals surface area contributed by atoms with Crippen molar-refractivity contribution in [3.8, 4) is 0 Å². The van der Waals surface area contributed by atoms with Crippen molar-refractivity contribution >= 4 is 29.3 Å². The first-order valence-electron chi connectivity index (χ1n) is 10.0. The second-order valence-electron chi connectivity index (χ2n) is 7.66. The minimum Gasteiger partial charge on any atom is -0.373 e. The summed E-state index contributed by atoms with van der Waals surface area (Å²) in [6.45, 7) is 7.69. The quantitative estimate of drug-likeness (QED) is 0.666. The van der Waals surface area contributed by atoms with Crippen LogP contribution in [-0.4, -0.2) is 41.9 Å². The summed E-state index contributed by atoms with van der Waals surface area (Å²) in [7, 11) is 0. The number of carbonyl (C=O) groups is 1. The molecule has 2 aromatic rings. The molecule has 0 radical (unpaired) electrons. The Morgan fingerprint density at radius 1 is 1.03 bits per heavy atom. The Bertz CT molecular complexity index is 772. The van der Waals surface area contributed by atoms with Crippen LogP contribution in [0.5, 0.6) is 0 Å². The van der Waals surface area contributed by atoms with Gasteiger partial charge >= 0.3 is 0 Å². The van der Waals surface area contributed by atoms with Crippen LogP contribution in [0.2, 0.25) is 5.02 Å². The van der Waals surface area contributed by atoms with E-state index in [1.54, 1.807) is 11.8 Å². The van der Waals surface area contributed by atoms with Gasteiger partial charge in [0, 0.05) is 37.0 Å². The lowest BCUT2D eigenvalue weighted by molar-refractivity contribution is -0.118. The fraction of sp³-hybridized carbons (Fsp3) is 0.435. The zero-order chi connectivity index (χ0) is 20.6. The Hall–Kier alpha value is -1.53. The van der Waals surface area contributed by atoms with Crippen LogP contribution in [0.25, 0.3) is 0 Å². The summed E-state index contributed by atoms with van der Waals surface area (Å²) in [6.07, 6.45) is 0.566. The number of hydrogen-bond acceptors (Lipinski definition) is 4. The number of ether oxygens (including phenoxy) is 1. The second-order valence-corrected chi connectivity index (χ2v) is 9.09. The first-order chi connectivity index (χ1) is 14.0. The highest BCUT2D eigenvalue weighted by atomic mass is 35.5. The molecule has 2 unspecified atom stereocenters. The lowest BCUT2D eigenvalue weighted by Gasteiger charge is -2.35. The molecule has 1 saturated heterocycles. The van der Waals surface area contributed by atoms with E-state index in [2.05, 4.69) is 48.3 Å². The van der Waals surface area contributed by atoms with Crippen molar-refractivity contribution < 1.29 is 9.53 Å². The summed E-state index contributed by atoms with van der Waals surface area (Å²) < 4.78 is 5.80. The number of rotatable bonds is 8. The topological polar surface area (TPSA) is 41.6 Å². The summed E-state index contributed by atoms with van der Waals surface area (Å²) in [5.74, 6) is 1.32. The van der Waals surface area contributed by atoms with Gasteiger partial charge in [-0.25, -0.2) is 0 Å². The summed E-state index contributed by atoms with van der Waals surface area (Å²) in [6, 6.07) is 16.2. The van der Waals surface area contributed by atoms with Gasteiger partial charge in [-0.2, -0.15) is 0 Å². The largest absolute Gasteiger partial charge is 0.373 e. The molecule has 2 atom stereocenters. The maximum Gasteiger partial charge on any atom is 0.230 e. The average Bonchev–Trinajstić information content (AvgIpc) is 2.68. The third-order valence-electron chi connectivity index (χ3n) is 4.83. The van der Waals surface area contributed by atoms with Crippen LogP contribution in [-0.2, 0) is 28.4 Å². The SMILES string of the molecule is CC1CN(Cc2ccc(CNC(=O)CSCc3ccc(Cl)cc3)cc2)CC(C)O1. The second kappa shape index (κ2) is 11.0. The average molecular weight is 433 g/mol. The number of morpholine rings is 1. The zero-order valence-corrected chi connectivity index (χ0v) is 18.6. The van der Waals surface area contributed by atoms with Crippen molar-refractivity contribution in [3.63, 3.8) is 0 Å². The predicted molar refractivity (Wildman–Crippen MR) is 121 cm³/mol. The molecule has 0 aliphatic carbocycles. The number of nitrogens with one attached hydrogen (secondary N) is 1. The first-order valence-corrected chi connectivity index (χ1v) is 11.6. The molecular formula is C23H29ClN2O2S. The molecule has 0 aromatic heterocycles. The third-order valence-corrected chi connectivity index (χ3v) is 6.08. The highest BCUT2D eigenvalue weighted by molar-refractivity contribution is 7.99. The number of benzene rings is 2. The van der Waals surface area contributed by atoms with Crippen LogP contribution in [0.4, 0.5) is 0 Å². The van der Waals surface area contributed by atoms with E-state index < -0.39 is 0 Å². The smallest absolute Gasteiger partial charge is 0.230 e. The third kappa shape index (κ3) is 7.67. The molecular weight excluding hydrogens is 404 g/mol. The predicted octanol–water partition coefficient (Wildman–Crippen LogP) is 4.50. The van der Waals surface area contributed by atoms with E-state index in [-0.39, 0.29) is 18.1 Å². The molecule has 1 aliphatic heterocycles. The molecule has 1 fully saturated rings. The van der Waals surface area contributed by atoms with Crippen LogP contribution in [0.3, 0.4) is 0 Å². The van der Waals surface area contributed by atoms with E-state index in [9.17, 15) is 4.79 Å². The first kappa shape index (κ1) is 22.2. The van der Waals surface area contributed by atoms with Gasteiger partial charge in [0.25, 0.3) is 0 Å². The molecule has 0 saturated carbocycles. The highest BCUT2D eigenvalue weighted by Crippen LogP contribution is 2.16. The Morgan fingerprint density at radius 3 is 2.28 bits per heavy atom. The molecule has 4 nitrogen and oxygen atoms in total. The lowest BCUT2D eigenvalue weighted by Crippen LogP contribution is -2.44. The van der Waals surface area contributed by atoms with E-state index >= 15 is 0 Å². The molecule has 0 spiro atoms. The van der Waals surface area contributed by atoms with Gasteiger partial charge in [-0.3, -0.25) is 9.69 Å². The lowest BCUT2D eigenvalue weighted by atomic mass is 10.1. The number of nitrogens with zero attached hydrogens (tertiary/aromatic N) is 1. The number of hydrogen-bond donors (Lipinski definition) is 1. The standard InChI is InChI=1S/C23H29ClN2O2S/c1-17-12-26(13-18(2)28-17)14-20-5-3-19(4-6-20)11-25-23(27)16-29-15-21-7-9-22(24)10-8-21/h3-10,17-18H,11-16H2,1-2H3,(H,25,27). The summed E-state index contributed by atoms with van der Waals surface area (Å²) in [5.41, 5.74) is 3.58. The van der Waals surface area contributed by atoms with Crippen molar-refractivity contribution in [2.75, 3.05) is 18.8 Å². The van der Waals surface area contributed by atoms with E-state index in [1.807, 2.05) is 24.3 Å². The maximum absolute atomic E-state index is 12.1. The molecule has 1 heterocycles. The van der Waals surface area contributed by atoms with Gasteiger partial charge in [0.05, 0.1) is 18.0 Å². The minimum atomic E-state index is 0.0596. The number of amides is 1. The Morgan fingerprint density at radius 2 is 1.62 bits per heavy atom. The summed E-state index contributed by atoms with van der Waals surface area (Å²) in [5, 5.41) is 3.73. The van der Waals surface area contributed by atoms with Gasteiger partial charge in [0.2, 0.25) is 5.91 Å². The molecule has 156 valence electrons.